The lowest BCUT2D eigenvalue weighted by Gasteiger charge is -2.08. The molecule has 1 aliphatic heterocycles. The van der Waals surface area contributed by atoms with Crippen LogP contribution in [-0.4, -0.2) is 39.7 Å². The second-order valence-corrected chi connectivity index (χ2v) is 3.17. The van der Waals surface area contributed by atoms with Gasteiger partial charge in [-0.25, -0.2) is 9.78 Å². The number of hydrogen-bond donors (Lipinski definition) is 2. The Bertz CT molecular complexity index is 413. The molecule has 2 rings (SSSR count). The number of hydrogen-bond acceptors (Lipinski definition) is 5. The molecule has 0 bridgehead atoms. The normalized spacial score (nSPS) is 21.0. The molecule has 80 valence electrons. The number of nitrogens with zero attached hydrogens (tertiary/aromatic N) is 2. The van der Waals surface area contributed by atoms with Crippen LogP contribution < -0.4 is 4.90 Å². The molecule has 1 aliphatic rings. The van der Waals surface area contributed by atoms with Crippen molar-refractivity contribution >= 4 is 17.9 Å². The van der Waals surface area contributed by atoms with Gasteiger partial charge in [0.2, 0.25) is 11.7 Å². The zero-order chi connectivity index (χ0) is 11.0. The van der Waals surface area contributed by atoms with Crippen LogP contribution in [0.5, 0.6) is 0 Å². The molecule has 1 atom stereocenters. The number of aliphatic hydroxyl groups is 1. The summed E-state index contributed by atoms with van der Waals surface area (Å²) in [4.78, 5) is 26.5. The molecule has 0 aliphatic carbocycles. The van der Waals surface area contributed by atoms with Gasteiger partial charge in [-0.2, -0.15) is 0 Å². The number of aliphatic hydroxyl groups excluding tert-OH is 1. The third-order valence-corrected chi connectivity index (χ3v) is 2.04. The van der Waals surface area contributed by atoms with Crippen molar-refractivity contribution < 1.29 is 24.2 Å². The number of anilines is 1. The number of carbonyl (C=O) groups excluding carboxylic acids is 1. The van der Waals surface area contributed by atoms with Crippen molar-refractivity contribution in [3.05, 3.63) is 12.0 Å². The van der Waals surface area contributed by atoms with Gasteiger partial charge in [-0.3, -0.25) is 9.69 Å². The van der Waals surface area contributed by atoms with E-state index in [4.69, 9.17) is 9.52 Å². The Morgan fingerprint density at radius 2 is 2.40 bits per heavy atom. The third-order valence-electron chi connectivity index (χ3n) is 2.04. The summed E-state index contributed by atoms with van der Waals surface area (Å²) in [6, 6.07) is -0.0889. The van der Waals surface area contributed by atoms with E-state index in [0.29, 0.717) is 0 Å². The monoisotopic (exact) mass is 212 g/mol. The van der Waals surface area contributed by atoms with Gasteiger partial charge in [-0.1, -0.05) is 0 Å². The SMILES string of the molecule is O=C(O)c1cnc(N2CC(O)CC2=O)o1. The van der Waals surface area contributed by atoms with E-state index in [1.54, 1.807) is 0 Å². The molecule has 2 N–H and O–H groups in total. The molecule has 2 heterocycles. The van der Waals surface area contributed by atoms with Crippen LogP contribution in [0.15, 0.2) is 10.6 Å². The van der Waals surface area contributed by atoms with Crippen LogP contribution >= 0.6 is 0 Å². The zero-order valence-corrected chi connectivity index (χ0v) is 7.58. The molecular weight excluding hydrogens is 204 g/mol. The Morgan fingerprint density at radius 3 is 2.87 bits per heavy atom. The summed E-state index contributed by atoms with van der Waals surface area (Å²) in [5, 5.41) is 17.8. The molecule has 0 radical (unpaired) electrons. The molecule has 7 nitrogen and oxygen atoms in total. The predicted molar refractivity (Wildman–Crippen MR) is 46.4 cm³/mol. The first-order valence-electron chi connectivity index (χ1n) is 4.25. The van der Waals surface area contributed by atoms with E-state index in [2.05, 4.69) is 4.98 Å². The molecule has 1 amide bonds. The van der Waals surface area contributed by atoms with Crippen LogP contribution in [0.3, 0.4) is 0 Å². The predicted octanol–water partition coefficient (Wildman–Crippen LogP) is -0.530. The molecule has 1 fully saturated rings. The van der Waals surface area contributed by atoms with Gasteiger partial charge in [-0.15, -0.1) is 0 Å². The van der Waals surface area contributed by atoms with Crippen LogP contribution in [-0.2, 0) is 4.79 Å². The fourth-order valence-electron chi connectivity index (χ4n) is 1.36. The maximum Gasteiger partial charge on any atom is 0.373 e. The largest absolute Gasteiger partial charge is 0.475 e. The van der Waals surface area contributed by atoms with E-state index in [-0.39, 0.29) is 30.6 Å². The van der Waals surface area contributed by atoms with Gasteiger partial charge in [0.05, 0.1) is 25.3 Å². The Hall–Kier alpha value is -1.89. The molecule has 1 unspecified atom stereocenters. The highest BCUT2D eigenvalue weighted by Gasteiger charge is 2.32. The highest BCUT2D eigenvalue weighted by atomic mass is 16.4. The quantitative estimate of drug-likeness (QED) is 0.682. The summed E-state index contributed by atoms with van der Waals surface area (Å²) in [6.07, 6.45) is 0.276. The van der Waals surface area contributed by atoms with Gasteiger partial charge in [0.25, 0.3) is 0 Å². The van der Waals surface area contributed by atoms with Gasteiger partial charge in [-0.05, 0) is 0 Å². The summed E-state index contributed by atoms with van der Waals surface area (Å²) >= 11 is 0. The van der Waals surface area contributed by atoms with Gasteiger partial charge in [0.1, 0.15) is 0 Å². The Balaban J connectivity index is 2.23. The van der Waals surface area contributed by atoms with E-state index in [9.17, 15) is 14.7 Å². The molecule has 0 saturated carbocycles. The molecule has 1 aromatic heterocycles. The van der Waals surface area contributed by atoms with Crippen molar-refractivity contribution in [2.75, 3.05) is 11.4 Å². The molecule has 1 saturated heterocycles. The highest BCUT2D eigenvalue weighted by Crippen LogP contribution is 2.21. The number of β-amino-alcohol motifs (C(OH)–C–C–N with tert-alkyl or cyclic N) is 1. The maximum atomic E-state index is 11.3. The molecular formula is C8H8N2O5. The van der Waals surface area contributed by atoms with Crippen LogP contribution in [0.4, 0.5) is 6.01 Å². The number of rotatable bonds is 2. The lowest BCUT2D eigenvalue weighted by atomic mass is 10.3. The van der Waals surface area contributed by atoms with Gasteiger partial charge in [0.15, 0.2) is 0 Å². The minimum Gasteiger partial charge on any atom is -0.475 e. The highest BCUT2D eigenvalue weighted by molar-refractivity contribution is 5.94. The molecule has 15 heavy (non-hydrogen) atoms. The van der Waals surface area contributed by atoms with E-state index in [1.807, 2.05) is 0 Å². The number of aromatic carboxylic acids is 1. The molecule has 1 aromatic rings. The van der Waals surface area contributed by atoms with E-state index in [1.165, 1.54) is 0 Å². The summed E-state index contributed by atoms with van der Waals surface area (Å²) in [6.45, 7) is 0.0818. The van der Waals surface area contributed by atoms with Crippen LogP contribution in [0, 0.1) is 0 Å². The minimum atomic E-state index is -1.25. The lowest BCUT2D eigenvalue weighted by Crippen LogP contribution is -2.25. The first-order chi connectivity index (χ1) is 7.08. The van der Waals surface area contributed by atoms with Crippen molar-refractivity contribution in [2.45, 2.75) is 12.5 Å². The van der Waals surface area contributed by atoms with Gasteiger partial charge in [0, 0.05) is 0 Å². The second-order valence-electron chi connectivity index (χ2n) is 3.17. The number of aromatic nitrogens is 1. The molecule has 0 spiro atoms. The fraction of sp³-hybridized carbons (Fsp3) is 0.375. The summed E-state index contributed by atoms with van der Waals surface area (Å²) in [5.74, 6) is -1.92. The smallest absolute Gasteiger partial charge is 0.373 e. The molecule has 0 aromatic carbocycles. The summed E-state index contributed by atoms with van der Waals surface area (Å²) < 4.78 is 4.83. The number of carboxylic acid groups (broad SMARTS) is 1. The van der Waals surface area contributed by atoms with Crippen molar-refractivity contribution in [1.82, 2.24) is 4.98 Å². The zero-order valence-electron chi connectivity index (χ0n) is 7.58. The third kappa shape index (κ3) is 1.68. The standard InChI is InChI=1S/C8H8N2O5/c11-4-1-6(12)10(3-4)8-9-2-5(15-8)7(13)14/h2,4,11H,1,3H2,(H,13,14). The minimum absolute atomic E-state index is 0.00475. The topological polar surface area (TPSA) is 104 Å². The average Bonchev–Trinajstić information content (AvgIpc) is 2.71. The Kier molecular flexibility index (Phi) is 2.16. The van der Waals surface area contributed by atoms with Gasteiger partial charge >= 0.3 is 12.0 Å². The maximum absolute atomic E-state index is 11.3. The first-order valence-corrected chi connectivity index (χ1v) is 4.25. The fourth-order valence-corrected chi connectivity index (χ4v) is 1.36. The van der Waals surface area contributed by atoms with Crippen molar-refractivity contribution in [1.29, 1.82) is 0 Å². The lowest BCUT2D eigenvalue weighted by molar-refractivity contribution is -0.117. The second kappa shape index (κ2) is 3.35. The molecule has 7 heteroatoms. The van der Waals surface area contributed by atoms with Crippen LogP contribution in [0.25, 0.3) is 0 Å². The summed E-state index contributed by atoms with van der Waals surface area (Å²) in [5.41, 5.74) is 0. The number of amides is 1. The van der Waals surface area contributed by atoms with Crippen molar-refractivity contribution in [3.63, 3.8) is 0 Å². The van der Waals surface area contributed by atoms with E-state index >= 15 is 0 Å². The van der Waals surface area contributed by atoms with Crippen molar-refractivity contribution in [2.24, 2.45) is 0 Å². The number of carboxylic acids is 1. The summed E-state index contributed by atoms with van der Waals surface area (Å²) in [7, 11) is 0. The first kappa shape index (κ1) is 9.66. The Labute approximate surface area is 83.9 Å². The van der Waals surface area contributed by atoms with Crippen LogP contribution in [0.2, 0.25) is 0 Å². The van der Waals surface area contributed by atoms with E-state index in [0.717, 1.165) is 11.1 Å². The Morgan fingerprint density at radius 1 is 1.67 bits per heavy atom. The number of oxazole rings is 1. The van der Waals surface area contributed by atoms with Crippen LogP contribution in [0.1, 0.15) is 17.0 Å². The number of carbonyl (C=O) groups is 2. The van der Waals surface area contributed by atoms with Crippen molar-refractivity contribution in [3.8, 4) is 0 Å². The van der Waals surface area contributed by atoms with Gasteiger partial charge < -0.3 is 14.6 Å². The van der Waals surface area contributed by atoms with E-state index < -0.39 is 12.1 Å². The average molecular weight is 212 g/mol.